The largest absolute Gasteiger partial charge is 2.00 e. The Kier molecular flexibility index (Phi) is 21.6. The summed E-state index contributed by atoms with van der Waals surface area (Å²) in [4.78, 5) is 10.3. The molecule has 0 aliphatic rings. The van der Waals surface area contributed by atoms with Crippen LogP contribution in [0.15, 0.2) is 0 Å². The molecule has 0 bridgehead atoms. The van der Waals surface area contributed by atoms with E-state index >= 15 is 0 Å². The average Bonchev–Trinajstić information content (AvgIpc) is 1.89. The summed E-state index contributed by atoms with van der Waals surface area (Å²) in [6, 6.07) is 0. The van der Waals surface area contributed by atoms with E-state index < -0.39 is 0 Å². The molecule has 0 heterocycles. The summed E-state index contributed by atoms with van der Waals surface area (Å²) in [5.41, 5.74) is 0. The third-order valence-electron chi connectivity index (χ3n) is 0.736. The number of esters is 1. The quantitative estimate of drug-likeness (QED) is 0.187. The fourth-order valence-corrected chi connectivity index (χ4v) is 0.316. The molecule has 0 unspecified atom stereocenters. The first-order valence-corrected chi connectivity index (χ1v) is 2.75. The monoisotopic (exact) mass is 322 g/mol. The molecular formula is C6H11IO3Zn. The Hall–Kier alpha value is 0.783. The molecule has 0 amide bonds. The van der Waals surface area contributed by atoms with Crippen molar-refractivity contribution in [3.05, 3.63) is 6.92 Å². The molecule has 0 saturated heterocycles. The molecule has 0 fully saturated rings. The third kappa shape index (κ3) is 13.7. The van der Waals surface area contributed by atoms with Crippen LogP contribution in [-0.2, 0) is 33.7 Å². The van der Waals surface area contributed by atoms with Gasteiger partial charge in [0.1, 0.15) is 6.61 Å². The smallest absolute Gasteiger partial charge is 1.00 e. The van der Waals surface area contributed by atoms with E-state index in [2.05, 4.69) is 11.7 Å². The van der Waals surface area contributed by atoms with Crippen molar-refractivity contribution in [1.29, 1.82) is 0 Å². The van der Waals surface area contributed by atoms with Crippen molar-refractivity contribution in [2.24, 2.45) is 0 Å². The molecule has 0 aromatic rings. The van der Waals surface area contributed by atoms with E-state index in [1.807, 2.05) is 0 Å². The number of rotatable bonds is 4. The fraction of sp³-hybridized carbons (Fsp3) is 0.667. The molecule has 0 spiro atoms. The van der Waals surface area contributed by atoms with Gasteiger partial charge in [-0.1, -0.05) is 0 Å². The molecule has 0 aromatic heterocycles. The Labute approximate surface area is 97.0 Å². The summed E-state index contributed by atoms with van der Waals surface area (Å²) >= 11 is 0. The van der Waals surface area contributed by atoms with Crippen LogP contribution in [0.2, 0.25) is 0 Å². The molecule has 0 aromatic carbocycles. The second-order valence-electron chi connectivity index (χ2n) is 1.48. The minimum absolute atomic E-state index is 0. The van der Waals surface area contributed by atoms with Gasteiger partial charge < -0.3 is 40.4 Å². The third-order valence-corrected chi connectivity index (χ3v) is 0.736. The van der Waals surface area contributed by atoms with Gasteiger partial charge in [0.05, 0.1) is 7.11 Å². The van der Waals surface area contributed by atoms with Crippen LogP contribution >= 0.6 is 0 Å². The van der Waals surface area contributed by atoms with Crippen molar-refractivity contribution in [3.8, 4) is 0 Å². The summed E-state index contributed by atoms with van der Waals surface area (Å²) in [7, 11) is 1.33. The number of methoxy groups -OCH3 is 1. The van der Waals surface area contributed by atoms with Gasteiger partial charge in [-0.05, 0) is 0 Å². The number of carbonyl (C=O) groups is 1. The number of ether oxygens (including phenoxy) is 2. The Balaban J connectivity index is -0.000000320. The van der Waals surface area contributed by atoms with Crippen molar-refractivity contribution < 1.29 is 57.7 Å². The molecule has 62 valence electrons. The number of carbonyl (C=O) groups excluding carboxylic acids is 1. The maximum atomic E-state index is 10.3. The standard InChI is InChI=1S/C6H11O3.HI.Zn/c1-3-4-9-5-6(7)8-2;;/h1,3-5H2,2H3;1H;/q-1;;+2/p-1. The first-order valence-electron chi connectivity index (χ1n) is 2.75. The van der Waals surface area contributed by atoms with Gasteiger partial charge in [-0.3, -0.25) is 0 Å². The number of halogens is 1. The zero-order valence-electron chi connectivity index (χ0n) is 6.64. The molecule has 0 aliphatic carbocycles. The minimum atomic E-state index is -0.344. The fourth-order valence-electron chi connectivity index (χ4n) is 0.316. The first-order chi connectivity index (χ1) is 4.31. The van der Waals surface area contributed by atoms with Gasteiger partial charge in [0.25, 0.3) is 0 Å². The number of hydrogen-bond donors (Lipinski definition) is 0. The normalized spacial score (nSPS) is 7.45. The molecule has 3 nitrogen and oxygen atoms in total. The van der Waals surface area contributed by atoms with Gasteiger partial charge in [-0.2, -0.15) is 6.42 Å². The summed E-state index contributed by atoms with van der Waals surface area (Å²) in [5.74, 6) is -0.344. The molecule has 0 radical (unpaired) electrons. The molecule has 5 heteroatoms. The zero-order chi connectivity index (χ0) is 7.11. The molecular weight excluding hydrogens is 312 g/mol. The van der Waals surface area contributed by atoms with Gasteiger partial charge in [0, 0.05) is 6.61 Å². The molecule has 0 rings (SSSR count). The van der Waals surface area contributed by atoms with Gasteiger partial charge in [0.15, 0.2) is 0 Å². The second kappa shape index (κ2) is 13.4. The van der Waals surface area contributed by atoms with Crippen LogP contribution in [0, 0.1) is 6.92 Å². The van der Waals surface area contributed by atoms with Crippen LogP contribution in [0.3, 0.4) is 0 Å². The molecule has 0 atom stereocenters. The predicted octanol–water partition coefficient (Wildman–Crippen LogP) is -2.60. The van der Waals surface area contributed by atoms with Crippen molar-refractivity contribution in [1.82, 2.24) is 0 Å². The van der Waals surface area contributed by atoms with Crippen LogP contribution in [0.4, 0.5) is 0 Å². The van der Waals surface area contributed by atoms with E-state index in [1.54, 1.807) is 0 Å². The van der Waals surface area contributed by atoms with Crippen molar-refractivity contribution in [2.45, 2.75) is 6.42 Å². The van der Waals surface area contributed by atoms with Crippen LogP contribution in [0.5, 0.6) is 0 Å². The van der Waals surface area contributed by atoms with E-state index in [0.717, 1.165) is 0 Å². The van der Waals surface area contributed by atoms with Crippen LogP contribution in [0.25, 0.3) is 0 Å². The van der Waals surface area contributed by atoms with E-state index in [4.69, 9.17) is 4.74 Å². The van der Waals surface area contributed by atoms with Crippen molar-refractivity contribution >= 4 is 5.97 Å². The molecule has 11 heavy (non-hydrogen) atoms. The van der Waals surface area contributed by atoms with E-state index in [-0.39, 0.29) is 56.0 Å². The van der Waals surface area contributed by atoms with Gasteiger partial charge in [-0.15, -0.1) is 0 Å². The molecule has 0 N–H and O–H groups in total. The summed E-state index contributed by atoms with van der Waals surface area (Å²) in [5, 5.41) is 0. The first kappa shape index (κ1) is 17.8. The Morgan fingerprint density at radius 2 is 2.09 bits per heavy atom. The van der Waals surface area contributed by atoms with Crippen LogP contribution in [0.1, 0.15) is 6.42 Å². The zero-order valence-corrected chi connectivity index (χ0v) is 11.8. The maximum Gasteiger partial charge on any atom is 2.00 e. The second-order valence-corrected chi connectivity index (χ2v) is 1.48. The van der Waals surface area contributed by atoms with E-state index in [1.165, 1.54) is 7.11 Å². The SMILES string of the molecule is [CH2-]CCOCC(=O)OC.[I-].[Zn+2]. The predicted molar refractivity (Wildman–Crippen MR) is 32.8 cm³/mol. The summed E-state index contributed by atoms with van der Waals surface area (Å²) in [6.45, 7) is 4.07. The van der Waals surface area contributed by atoms with Crippen LogP contribution in [-0.4, -0.2) is 26.3 Å². The number of hydrogen-bond acceptors (Lipinski definition) is 3. The summed E-state index contributed by atoms with van der Waals surface area (Å²) < 4.78 is 9.11. The van der Waals surface area contributed by atoms with E-state index in [0.29, 0.717) is 13.0 Å². The van der Waals surface area contributed by atoms with E-state index in [9.17, 15) is 4.79 Å². The topological polar surface area (TPSA) is 35.5 Å². The maximum absolute atomic E-state index is 10.3. The average molecular weight is 323 g/mol. The van der Waals surface area contributed by atoms with Crippen molar-refractivity contribution in [2.75, 3.05) is 20.3 Å². The molecule has 0 saturated carbocycles. The van der Waals surface area contributed by atoms with Crippen LogP contribution < -0.4 is 24.0 Å². The Bertz CT molecular complexity index is 89.9. The van der Waals surface area contributed by atoms with Gasteiger partial charge in [0.2, 0.25) is 0 Å². The summed E-state index contributed by atoms with van der Waals surface area (Å²) in [6.07, 6.45) is 0.678. The molecule has 0 aliphatic heterocycles. The Morgan fingerprint density at radius 1 is 1.55 bits per heavy atom. The minimum Gasteiger partial charge on any atom is -1.00 e. The van der Waals surface area contributed by atoms with Crippen molar-refractivity contribution in [3.63, 3.8) is 0 Å². The van der Waals surface area contributed by atoms with Gasteiger partial charge in [-0.25, -0.2) is 4.79 Å². The Morgan fingerprint density at radius 3 is 2.45 bits per heavy atom. The van der Waals surface area contributed by atoms with Gasteiger partial charge >= 0.3 is 25.4 Å².